The second kappa shape index (κ2) is 5.85. The molecule has 7 nitrogen and oxygen atoms in total. The van der Waals surface area contributed by atoms with Crippen molar-refractivity contribution < 1.29 is 13.9 Å². The number of hydrogen-bond donors (Lipinski definition) is 0. The quantitative estimate of drug-likeness (QED) is 0.834. The van der Waals surface area contributed by atoms with Gasteiger partial charge in [-0.25, -0.2) is 4.98 Å². The van der Waals surface area contributed by atoms with E-state index in [-0.39, 0.29) is 12.0 Å². The molecule has 1 saturated carbocycles. The van der Waals surface area contributed by atoms with E-state index in [9.17, 15) is 10.1 Å². The molecule has 0 unspecified atom stereocenters. The van der Waals surface area contributed by atoms with E-state index < -0.39 is 0 Å². The Morgan fingerprint density at radius 3 is 2.61 bits per heavy atom. The van der Waals surface area contributed by atoms with E-state index >= 15 is 0 Å². The number of anilines is 1. The number of piperazine rings is 1. The third-order valence-electron chi connectivity index (χ3n) is 4.74. The highest BCUT2D eigenvalue weighted by molar-refractivity contribution is 5.81. The van der Waals surface area contributed by atoms with Crippen LogP contribution in [0.2, 0.25) is 0 Å². The topological polar surface area (TPSA) is 82.6 Å². The van der Waals surface area contributed by atoms with E-state index in [2.05, 4.69) is 11.1 Å². The molecule has 0 bridgehead atoms. The molecule has 1 atom stereocenters. The summed E-state index contributed by atoms with van der Waals surface area (Å²) in [6, 6.07) is 2.13. The molecule has 3 heterocycles. The van der Waals surface area contributed by atoms with Gasteiger partial charge in [-0.2, -0.15) is 5.26 Å². The number of oxazole rings is 1. The molecule has 1 aromatic rings. The maximum atomic E-state index is 12.4. The minimum atomic E-state index is -0.261. The minimum Gasteiger partial charge on any atom is -0.423 e. The molecule has 2 aliphatic heterocycles. The van der Waals surface area contributed by atoms with Crippen LogP contribution in [0, 0.1) is 11.3 Å². The van der Waals surface area contributed by atoms with E-state index in [0.717, 1.165) is 25.7 Å². The molecule has 3 fully saturated rings. The number of nitrogens with zero attached hydrogens (tertiary/aromatic N) is 4. The fourth-order valence-electron chi connectivity index (χ4n) is 3.23. The monoisotopic (exact) mass is 316 g/mol. The third-order valence-corrected chi connectivity index (χ3v) is 4.74. The minimum absolute atomic E-state index is 0.0962. The average Bonchev–Trinajstić information content (AvgIpc) is 3.14. The Hall–Kier alpha value is -2.07. The normalized spacial score (nSPS) is 24.7. The van der Waals surface area contributed by atoms with Crippen LogP contribution in [0.1, 0.15) is 43.2 Å². The number of ether oxygens (including phenoxy) is 1. The lowest BCUT2D eigenvalue weighted by Crippen LogP contribution is -2.51. The molecule has 0 aromatic carbocycles. The number of nitriles is 1. The summed E-state index contributed by atoms with van der Waals surface area (Å²) in [5.41, 5.74) is 0.366. The Kier molecular flexibility index (Phi) is 3.69. The fourth-order valence-corrected chi connectivity index (χ4v) is 3.23. The number of amides is 1. The van der Waals surface area contributed by atoms with Crippen molar-refractivity contribution in [3.63, 3.8) is 0 Å². The Labute approximate surface area is 134 Å². The van der Waals surface area contributed by atoms with Gasteiger partial charge in [-0.05, 0) is 25.7 Å². The van der Waals surface area contributed by atoms with Crippen LogP contribution in [0.3, 0.4) is 0 Å². The van der Waals surface area contributed by atoms with Crippen LogP contribution in [0.5, 0.6) is 0 Å². The van der Waals surface area contributed by atoms with Crippen molar-refractivity contribution in [2.45, 2.75) is 37.7 Å². The van der Waals surface area contributed by atoms with Crippen LogP contribution in [0.4, 0.5) is 5.88 Å². The SMILES string of the molecule is N#Cc1nc(C2CC2)oc1N1CCN(C(=O)[C@@H]2CCCO2)CC1. The Balaban J connectivity index is 1.41. The van der Waals surface area contributed by atoms with Gasteiger partial charge in [0.05, 0.1) is 0 Å². The average molecular weight is 316 g/mol. The van der Waals surface area contributed by atoms with E-state index in [1.165, 1.54) is 0 Å². The number of hydrogen-bond acceptors (Lipinski definition) is 6. The van der Waals surface area contributed by atoms with Crippen LogP contribution in [0.15, 0.2) is 4.42 Å². The summed E-state index contributed by atoms with van der Waals surface area (Å²) in [6.45, 7) is 3.26. The lowest BCUT2D eigenvalue weighted by Gasteiger charge is -2.35. The largest absolute Gasteiger partial charge is 0.423 e. The van der Waals surface area contributed by atoms with E-state index in [1.54, 1.807) is 0 Å². The lowest BCUT2D eigenvalue weighted by molar-refractivity contribution is -0.141. The first-order valence-corrected chi connectivity index (χ1v) is 8.32. The van der Waals surface area contributed by atoms with Gasteiger partial charge in [-0.1, -0.05) is 0 Å². The molecule has 0 N–H and O–H groups in total. The van der Waals surface area contributed by atoms with Gasteiger partial charge in [0.2, 0.25) is 17.5 Å². The molecule has 3 aliphatic rings. The van der Waals surface area contributed by atoms with E-state index in [4.69, 9.17) is 9.15 Å². The van der Waals surface area contributed by atoms with Crippen molar-refractivity contribution in [2.24, 2.45) is 0 Å². The first-order valence-electron chi connectivity index (χ1n) is 8.32. The molecule has 2 saturated heterocycles. The van der Waals surface area contributed by atoms with Gasteiger partial charge in [0, 0.05) is 38.7 Å². The van der Waals surface area contributed by atoms with Gasteiger partial charge in [0.15, 0.2) is 0 Å². The van der Waals surface area contributed by atoms with Crippen LogP contribution in [-0.2, 0) is 9.53 Å². The van der Waals surface area contributed by atoms with Gasteiger partial charge in [-0.3, -0.25) is 4.79 Å². The van der Waals surface area contributed by atoms with Crippen molar-refractivity contribution in [3.8, 4) is 6.07 Å². The zero-order valence-electron chi connectivity index (χ0n) is 13.0. The van der Waals surface area contributed by atoms with Gasteiger partial charge in [0.25, 0.3) is 5.91 Å². The summed E-state index contributed by atoms with van der Waals surface area (Å²) in [4.78, 5) is 20.6. The summed E-state index contributed by atoms with van der Waals surface area (Å²) < 4.78 is 11.3. The third kappa shape index (κ3) is 2.79. The molecule has 122 valence electrons. The predicted molar refractivity (Wildman–Crippen MR) is 81.0 cm³/mol. The highest BCUT2D eigenvalue weighted by Crippen LogP contribution is 2.41. The second-order valence-corrected chi connectivity index (χ2v) is 6.41. The van der Waals surface area contributed by atoms with Crippen molar-refractivity contribution in [2.75, 3.05) is 37.7 Å². The van der Waals surface area contributed by atoms with Crippen LogP contribution in [-0.4, -0.2) is 54.7 Å². The summed E-state index contributed by atoms with van der Waals surface area (Å²) in [6.07, 6.45) is 3.71. The maximum absolute atomic E-state index is 12.4. The smallest absolute Gasteiger partial charge is 0.251 e. The summed E-state index contributed by atoms with van der Waals surface area (Å²) in [5.74, 6) is 1.74. The van der Waals surface area contributed by atoms with E-state index in [1.807, 2.05) is 9.80 Å². The highest BCUT2D eigenvalue weighted by Gasteiger charge is 2.34. The molecule has 1 aliphatic carbocycles. The predicted octanol–water partition coefficient (Wildman–Crippen LogP) is 1.25. The summed E-state index contributed by atoms with van der Waals surface area (Å²) in [5, 5.41) is 9.27. The summed E-state index contributed by atoms with van der Waals surface area (Å²) >= 11 is 0. The Morgan fingerprint density at radius 1 is 1.22 bits per heavy atom. The lowest BCUT2D eigenvalue weighted by atomic mass is 10.2. The first kappa shape index (κ1) is 14.5. The zero-order valence-corrected chi connectivity index (χ0v) is 13.0. The molecule has 23 heavy (non-hydrogen) atoms. The molecule has 0 radical (unpaired) electrons. The van der Waals surface area contributed by atoms with Crippen LogP contribution in [0.25, 0.3) is 0 Å². The molecule has 0 spiro atoms. The van der Waals surface area contributed by atoms with Crippen LogP contribution >= 0.6 is 0 Å². The highest BCUT2D eigenvalue weighted by atomic mass is 16.5. The fraction of sp³-hybridized carbons (Fsp3) is 0.688. The van der Waals surface area contributed by atoms with Gasteiger partial charge in [-0.15, -0.1) is 0 Å². The number of aromatic nitrogens is 1. The van der Waals surface area contributed by atoms with Crippen LogP contribution < -0.4 is 4.90 Å². The molecule has 7 heteroatoms. The second-order valence-electron chi connectivity index (χ2n) is 6.41. The number of carbonyl (C=O) groups is 1. The standard InChI is InChI=1S/C16H20N4O3/c17-10-12-16(23-14(18-12)11-3-4-11)20-7-5-19(6-8-20)15(21)13-2-1-9-22-13/h11,13H,1-9H2/t13-/m0/s1. The summed E-state index contributed by atoms with van der Waals surface area (Å²) in [7, 11) is 0. The Bertz CT molecular complexity index is 632. The van der Waals surface area contributed by atoms with Crippen molar-refractivity contribution in [1.82, 2.24) is 9.88 Å². The molecule has 1 amide bonds. The molecular weight excluding hydrogens is 296 g/mol. The maximum Gasteiger partial charge on any atom is 0.251 e. The van der Waals surface area contributed by atoms with E-state index in [0.29, 0.717) is 56.2 Å². The van der Waals surface area contributed by atoms with Crippen molar-refractivity contribution in [3.05, 3.63) is 11.6 Å². The molecule has 1 aromatic heterocycles. The van der Waals surface area contributed by atoms with Gasteiger partial charge < -0.3 is 19.0 Å². The first-order chi connectivity index (χ1) is 11.3. The Morgan fingerprint density at radius 2 is 2.00 bits per heavy atom. The molecule has 4 rings (SSSR count). The number of carbonyl (C=O) groups excluding carboxylic acids is 1. The van der Waals surface area contributed by atoms with Crippen molar-refractivity contribution >= 4 is 11.8 Å². The van der Waals surface area contributed by atoms with Gasteiger partial charge in [0.1, 0.15) is 12.2 Å². The van der Waals surface area contributed by atoms with Gasteiger partial charge >= 0.3 is 0 Å². The zero-order chi connectivity index (χ0) is 15.8. The number of rotatable bonds is 3. The molecular formula is C16H20N4O3. The van der Waals surface area contributed by atoms with Crippen molar-refractivity contribution in [1.29, 1.82) is 5.26 Å².